The van der Waals surface area contributed by atoms with Crippen molar-refractivity contribution in [2.75, 3.05) is 18.4 Å². The van der Waals surface area contributed by atoms with Crippen molar-refractivity contribution < 1.29 is 9.59 Å². The van der Waals surface area contributed by atoms with Gasteiger partial charge in [-0.25, -0.2) is 4.98 Å². The Kier molecular flexibility index (Phi) is 5.66. The Balaban J connectivity index is 1.51. The van der Waals surface area contributed by atoms with E-state index in [1.807, 2.05) is 18.2 Å². The number of nitrogens with zero attached hydrogens (tertiary/aromatic N) is 2. The standard InChI is InChI=1S/C19H20ClN3O2/c20-17-16(7-4-10-21-17)22-18(24)19(25)23-11-8-15(9-12-23)13-14-5-2-1-3-6-14/h1-7,10,15H,8-9,11-13H2,(H,22,24). The van der Waals surface area contributed by atoms with E-state index >= 15 is 0 Å². The summed E-state index contributed by atoms with van der Waals surface area (Å²) in [5.41, 5.74) is 1.66. The fourth-order valence-corrected chi connectivity index (χ4v) is 3.25. The van der Waals surface area contributed by atoms with Crippen molar-refractivity contribution in [3.8, 4) is 0 Å². The Hall–Kier alpha value is -2.40. The third-order valence-electron chi connectivity index (χ3n) is 4.47. The number of likely N-dealkylation sites (tertiary alicyclic amines) is 1. The van der Waals surface area contributed by atoms with Gasteiger partial charge in [-0.05, 0) is 42.9 Å². The quantitative estimate of drug-likeness (QED) is 0.678. The number of pyridine rings is 1. The van der Waals surface area contributed by atoms with Gasteiger partial charge in [-0.1, -0.05) is 41.9 Å². The lowest BCUT2D eigenvalue weighted by molar-refractivity contribution is -0.144. The van der Waals surface area contributed by atoms with Gasteiger partial charge in [-0.15, -0.1) is 0 Å². The average molecular weight is 358 g/mol. The molecule has 0 bridgehead atoms. The first kappa shape index (κ1) is 17.4. The second-order valence-corrected chi connectivity index (χ2v) is 6.58. The highest BCUT2D eigenvalue weighted by Crippen LogP contribution is 2.22. The molecule has 2 amide bonds. The van der Waals surface area contributed by atoms with E-state index in [1.165, 1.54) is 11.8 Å². The highest BCUT2D eigenvalue weighted by atomic mass is 35.5. The average Bonchev–Trinajstić information content (AvgIpc) is 2.64. The van der Waals surface area contributed by atoms with Crippen LogP contribution in [0.15, 0.2) is 48.7 Å². The van der Waals surface area contributed by atoms with E-state index in [-0.39, 0.29) is 5.15 Å². The van der Waals surface area contributed by atoms with Crippen LogP contribution < -0.4 is 5.32 Å². The Labute approximate surface area is 152 Å². The molecule has 130 valence electrons. The molecule has 25 heavy (non-hydrogen) atoms. The highest BCUT2D eigenvalue weighted by Gasteiger charge is 2.27. The predicted molar refractivity (Wildman–Crippen MR) is 97.3 cm³/mol. The maximum Gasteiger partial charge on any atom is 0.313 e. The SMILES string of the molecule is O=C(Nc1cccnc1Cl)C(=O)N1CCC(Cc2ccccc2)CC1. The van der Waals surface area contributed by atoms with Gasteiger partial charge in [0.25, 0.3) is 0 Å². The summed E-state index contributed by atoms with van der Waals surface area (Å²) in [7, 11) is 0. The van der Waals surface area contributed by atoms with Gasteiger partial charge in [-0.3, -0.25) is 9.59 Å². The van der Waals surface area contributed by atoms with Gasteiger partial charge >= 0.3 is 11.8 Å². The Morgan fingerprint density at radius 1 is 1.12 bits per heavy atom. The first-order valence-corrected chi connectivity index (χ1v) is 8.76. The molecule has 5 nitrogen and oxygen atoms in total. The lowest BCUT2D eigenvalue weighted by Gasteiger charge is -2.31. The van der Waals surface area contributed by atoms with Crippen LogP contribution in [0.3, 0.4) is 0 Å². The number of hydrogen-bond acceptors (Lipinski definition) is 3. The number of carbonyl (C=O) groups is 2. The summed E-state index contributed by atoms with van der Waals surface area (Å²) in [6.45, 7) is 1.20. The van der Waals surface area contributed by atoms with Crippen molar-refractivity contribution in [2.24, 2.45) is 5.92 Å². The molecule has 2 aromatic rings. The van der Waals surface area contributed by atoms with Crippen LogP contribution in [-0.2, 0) is 16.0 Å². The molecule has 1 fully saturated rings. The highest BCUT2D eigenvalue weighted by molar-refractivity contribution is 6.41. The number of aromatic nitrogens is 1. The Bertz CT molecular complexity index is 743. The number of carbonyl (C=O) groups excluding carboxylic acids is 2. The van der Waals surface area contributed by atoms with Crippen LogP contribution in [0.5, 0.6) is 0 Å². The molecule has 1 saturated heterocycles. The number of anilines is 1. The number of piperidine rings is 1. The molecule has 1 aromatic carbocycles. The van der Waals surface area contributed by atoms with Gasteiger partial charge in [-0.2, -0.15) is 0 Å². The van der Waals surface area contributed by atoms with Crippen molar-refractivity contribution in [3.63, 3.8) is 0 Å². The van der Waals surface area contributed by atoms with E-state index in [9.17, 15) is 9.59 Å². The van der Waals surface area contributed by atoms with Gasteiger partial charge in [0.2, 0.25) is 0 Å². The largest absolute Gasteiger partial charge is 0.334 e. The van der Waals surface area contributed by atoms with Crippen LogP contribution in [0.25, 0.3) is 0 Å². The lowest BCUT2D eigenvalue weighted by atomic mass is 9.90. The van der Waals surface area contributed by atoms with Crippen molar-refractivity contribution in [2.45, 2.75) is 19.3 Å². The van der Waals surface area contributed by atoms with Crippen molar-refractivity contribution >= 4 is 29.1 Å². The molecule has 1 N–H and O–H groups in total. The molecular weight excluding hydrogens is 338 g/mol. The fraction of sp³-hybridized carbons (Fsp3) is 0.316. The summed E-state index contributed by atoms with van der Waals surface area (Å²) < 4.78 is 0. The van der Waals surface area contributed by atoms with Gasteiger partial charge in [0.05, 0.1) is 5.69 Å². The van der Waals surface area contributed by atoms with Gasteiger partial charge in [0, 0.05) is 19.3 Å². The summed E-state index contributed by atoms with van der Waals surface area (Å²) in [4.78, 5) is 30.0. The van der Waals surface area contributed by atoms with Crippen LogP contribution in [-0.4, -0.2) is 34.8 Å². The molecule has 6 heteroatoms. The predicted octanol–water partition coefficient (Wildman–Crippen LogP) is 3.15. The van der Waals surface area contributed by atoms with Crippen LogP contribution in [0.1, 0.15) is 18.4 Å². The summed E-state index contributed by atoms with van der Waals surface area (Å²) >= 11 is 5.90. The first-order valence-electron chi connectivity index (χ1n) is 8.38. The molecule has 2 heterocycles. The van der Waals surface area contributed by atoms with Gasteiger partial charge in [0.15, 0.2) is 5.15 Å². The second kappa shape index (κ2) is 8.12. The molecule has 1 aliphatic heterocycles. The molecule has 1 aromatic heterocycles. The van der Waals surface area contributed by atoms with Crippen molar-refractivity contribution in [1.29, 1.82) is 0 Å². The molecule has 0 aliphatic carbocycles. The number of rotatable bonds is 3. The van der Waals surface area contributed by atoms with E-state index in [1.54, 1.807) is 17.0 Å². The summed E-state index contributed by atoms with van der Waals surface area (Å²) in [6, 6.07) is 13.6. The smallest absolute Gasteiger partial charge is 0.313 e. The van der Waals surface area contributed by atoms with E-state index in [0.717, 1.165) is 19.3 Å². The number of benzene rings is 1. The number of amides is 2. The van der Waals surface area contributed by atoms with E-state index in [0.29, 0.717) is 24.7 Å². The zero-order chi connectivity index (χ0) is 17.6. The van der Waals surface area contributed by atoms with E-state index in [4.69, 9.17) is 11.6 Å². The maximum absolute atomic E-state index is 12.3. The van der Waals surface area contributed by atoms with Crippen molar-refractivity contribution in [1.82, 2.24) is 9.88 Å². The van der Waals surface area contributed by atoms with Crippen LogP contribution in [0.4, 0.5) is 5.69 Å². The zero-order valence-electron chi connectivity index (χ0n) is 13.8. The van der Waals surface area contributed by atoms with Crippen LogP contribution in [0.2, 0.25) is 5.15 Å². The summed E-state index contributed by atoms with van der Waals surface area (Å²) in [5, 5.41) is 2.71. The molecule has 3 rings (SSSR count). The fourth-order valence-electron chi connectivity index (χ4n) is 3.09. The molecule has 0 atom stereocenters. The van der Waals surface area contributed by atoms with Gasteiger partial charge in [0.1, 0.15) is 0 Å². The lowest BCUT2D eigenvalue weighted by Crippen LogP contribution is -2.44. The maximum atomic E-state index is 12.3. The molecule has 1 aliphatic rings. The zero-order valence-corrected chi connectivity index (χ0v) is 14.6. The minimum atomic E-state index is -0.670. The second-order valence-electron chi connectivity index (χ2n) is 6.22. The molecule has 0 spiro atoms. The third-order valence-corrected chi connectivity index (χ3v) is 4.77. The van der Waals surface area contributed by atoms with Crippen molar-refractivity contribution in [3.05, 3.63) is 59.4 Å². The van der Waals surface area contributed by atoms with Crippen LogP contribution in [0, 0.1) is 5.92 Å². The Morgan fingerprint density at radius 2 is 1.84 bits per heavy atom. The normalized spacial score (nSPS) is 15.0. The van der Waals surface area contributed by atoms with Gasteiger partial charge < -0.3 is 10.2 Å². The Morgan fingerprint density at radius 3 is 2.52 bits per heavy atom. The summed E-state index contributed by atoms with van der Waals surface area (Å²) in [6.07, 6.45) is 4.35. The van der Waals surface area contributed by atoms with E-state index in [2.05, 4.69) is 22.4 Å². The molecule has 0 saturated carbocycles. The third kappa shape index (κ3) is 4.57. The number of halogens is 1. The molecule has 0 radical (unpaired) electrons. The first-order chi connectivity index (χ1) is 12.1. The topological polar surface area (TPSA) is 62.3 Å². The molecule has 0 unspecified atom stereocenters. The van der Waals surface area contributed by atoms with Crippen LogP contribution >= 0.6 is 11.6 Å². The van der Waals surface area contributed by atoms with E-state index < -0.39 is 11.8 Å². The minimum Gasteiger partial charge on any atom is -0.334 e. The minimum absolute atomic E-state index is 0.171. The number of nitrogens with one attached hydrogen (secondary N) is 1. The summed E-state index contributed by atoms with van der Waals surface area (Å²) in [5.74, 6) is -0.642. The monoisotopic (exact) mass is 357 g/mol. The number of hydrogen-bond donors (Lipinski definition) is 1. The molecular formula is C19H20ClN3O2.